The van der Waals surface area contributed by atoms with Gasteiger partial charge in [-0.25, -0.2) is 4.98 Å². The van der Waals surface area contributed by atoms with E-state index in [-0.39, 0.29) is 0 Å². The second-order valence-corrected chi connectivity index (χ2v) is 4.87. The van der Waals surface area contributed by atoms with E-state index in [2.05, 4.69) is 16.4 Å². The number of nitrogens with zero attached hydrogens (tertiary/aromatic N) is 2. The molecule has 2 rings (SSSR count). The predicted octanol–water partition coefficient (Wildman–Crippen LogP) is 3.72. The molecule has 1 heterocycles. The zero-order chi connectivity index (χ0) is 11.5. The molecule has 0 spiro atoms. The lowest BCUT2D eigenvalue weighted by molar-refractivity contribution is 1.36. The molecule has 5 heteroatoms. The molecule has 80 valence electrons. The van der Waals surface area contributed by atoms with Crippen molar-refractivity contribution in [2.75, 3.05) is 5.32 Å². The van der Waals surface area contributed by atoms with Gasteiger partial charge in [0, 0.05) is 16.1 Å². The van der Waals surface area contributed by atoms with E-state index in [1.165, 1.54) is 11.3 Å². The van der Waals surface area contributed by atoms with E-state index in [0.29, 0.717) is 16.3 Å². The zero-order valence-electron chi connectivity index (χ0n) is 8.49. The van der Waals surface area contributed by atoms with Crippen LogP contribution in [0.25, 0.3) is 0 Å². The molecular formula is C11H8ClN3S. The summed E-state index contributed by atoms with van der Waals surface area (Å²) in [5.41, 5.74) is 1.24. The van der Waals surface area contributed by atoms with Crippen LogP contribution in [0.4, 0.5) is 10.8 Å². The van der Waals surface area contributed by atoms with Crippen LogP contribution >= 0.6 is 22.9 Å². The van der Waals surface area contributed by atoms with E-state index in [1.54, 1.807) is 24.4 Å². The average Bonchev–Trinajstić information content (AvgIpc) is 2.64. The van der Waals surface area contributed by atoms with E-state index in [1.807, 2.05) is 6.92 Å². The maximum absolute atomic E-state index is 8.94. The number of nitrogens with one attached hydrogen (secondary N) is 1. The summed E-state index contributed by atoms with van der Waals surface area (Å²) < 4.78 is 0. The molecule has 0 aliphatic rings. The molecule has 0 saturated heterocycles. The number of aromatic nitrogens is 1. The van der Waals surface area contributed by atoms with Gasteiger partial charge in [-0.3, -0.25) is 0 Å². The van der Waals surface area contributed by atoms with E-state index >= 15 is 0 Å². The first-order valence-electron chi connectivity index (χ1n) is 4.58. The summed E-state index contributed by atoms with van der Waals surface area (Å²) >= 11 is 7.41. The van der Waals surface area contributed by atoms with Crippen LogP contribution in [-0.2, 0) is 0 Å². The van der Waals surface area contributed by atoms with Gasteiger partial charge in [0.05, 0.1) is 11.3 Å². The Labute approximate surface area is 102 Å². The highest BCUT2D eigenvalue weighted by atomic mass is 35.5. The zero-order valence-corrected chi connectivity index (χ0v) is 10.1. The third-order valence-electron chi connectivity index (χ3n) is 1.96. The number of halogens is 1. The Morgan fingerprint density at radius 1 is 1.50 bits per heavy atom. The minimum Gasteiger partial charge on any atom is -0.330 e. The standard InChI is InChI=1S/C11H8ClN3S/c1-7-6-14-11(16-7)15-10-4-9(12)3-2-8(10)5-13/h2-4,6H,1H3,(H,14,15). The fourth-order valence-electron chi connectivity index (χ4n) is 1.25. The molecule has 2 aromatic rings. The highest BCUT2D eigenvalue weighted by molar-refractivity contribution is 7.15. The lowest BCUT2D eigenvalue weighted by Crippen LogP contribution is -1.92. The van der Waals surface area contributed by atoms with Crippen LogP contribution in [0.2, 0.25) is 5.02 Å². The largest absolute Gasteiger partial charge is 0.330 e. The van der Waals surface area contributed by atoms with E-state index in [9.17, 15) is 0 Å². The topological polar surface area (TPSA) is 48.7 Å². The van der Waals surface area contributed by atoms with Gasteiger partial charge in [-0.1, -0.05) is 11.6 Å². The van der Waals surface area contributed by atoms with Gasteiger partial charge in [0.25, 0.3) is 0 Å². The van der Waals surface area contributed by atoms with Crippen molar-refractivity contribution in [3.8, 4) is 6.07 Å². The average molecular weight is 250 g/mol. The number of aryl methyl sites for hydroxylation is 1. The van der Waals surface area contributed by atoms with Crippen LogP contribution in [0.3, 0.4) is 0 Å². The molecule has 0 amide bonds. The van der Waals surface area contributed by atoms with Crippen molar-refractivity contribution >= 4 is 33.8 Å². The number of thiazole rings is 1. The third kappa shape index (κ3) is 2.32. The van der Waals surface area contributed by atoms with Crippen molar-refractivity contribution in [1.29, 1.82) is 5.26 Å². The Hall–Kier alpha value is -1.57. The summed E-state index contributed by atoms with van der Waals surface area (Å²) in [6.07, 6.45) is 1.78. The Morgan fingerprint density at radius 3 is 2.94 bits per heavy atom. The molecule has 16 heavy (non-hydrogen) atoms. The van der Waals surface area contributed by atoms with Gasteiger partial charge in [0.15, 0.2) is 5.13 Å². The summed E-state index contributed by atoms with van der Waals surface area (Å²) in [6.45, 7) is 1.98. The van der Waals surface area contributed by atoms with Crippen LogP contribution in [0.5, 0.6) is 0 Å². The second kappa shape index (κ2) is 4.52. The molecule has 0 aliphatic heterocycles. The number of anilines is 2. The van der Waals surface area contributed by atoms with Crippen molar-refractivity contribution in [3.63, 3.8) is 0 Å². The minimum atomic E-state index is 0.553. The molecule has 0 saturated carbocycles. The summed E-state index contributed by atoms with van der Waals surface area (Å²) in [6, 6.07) is 7.20. The third-order valence-corrected chi connectivity index (χ3v) is 3.03. The Morgan fingerprint density at radius 2 is 2.31 bits per heavy atom. The normalized spacial score (nSPS) is 9.81. The molecule has 0 unspecified atom stereocenters. The van der Waals surface area contributed by atoms with Crippen LogP contribution in [0.15, 0.2) is 24.4 Å². The number of hydrogen-bond donors (Lipinski definition) is 1. The molecule has 0 radical (unpaired) electrons. The van der Waals surface area contributed by atoms with Crippen LogP contribution < -0.4 is 5.32 Å². The van der Waals surface area contributed by atoms with Crippen molar-refractivity contribution < 1.29 is 0 Å². The molecule has 3 nitrogen and oxygen atoms in total. The fourth-order valence-corrected chi connectivity index (χ4v) is 2.09. The summed E-state index contributed by atoms with van der Waals surface area (Å²) in [4.78, 5) is 5.28. The maximum atomic E-state index is 8.94. The lowest BCUT2D eigenvalue weighted by atomic mass is 10.2. The number of benzene rings is 1. The van der Waals surface area contributed by atoms with E-state index < -0.39 is 0 Å². The second-order valence-electron chi connectivity index (χ2n) is 3.20. The Bertz CT molecular complexity index is 557. The van der Waals surface area contributed by atoms with Crippen molar-refractivity contribution in [2.24, 2.45) is 0 Å². The van der Waals surface area contributed by atoms with Crippen molar-refractivity contribution in [2.45, 2.75) is 6.92 Å². The first-order valence-corrected chi connectivity index (χ1v) is 5.77. The summed E-state index contributed by atoms with van der Waals surface area (Å²) in [7, 11) is 0. The maximum Gasteiger partial charge on any atom is 0.187 e. The highest BCUT2D eigenvalue weighted by Crippen LogP contribution is 2.26. The Balaban J connectivity index is 2.34. The number of hydrogen-bond acceptors (Lipinski definition) is 4. The lowest BCUT2D eigenvalue weighted by Gasteiger charge is -2.04. The quantitative estimate of drug-likeness (QED) is 0.883. The van der Waals surface area contributed by atoms with Gasteiger partial charge in [0.2, 0.25) is 0 Å². The number of nitriles is 1. The fraction of sp³-hybridized carbons (Fsp3) is 0.0909. The van der Waals surface area contributed by atoms with Crippen molar-refractivity contribution in [3.05, 3.63) is 39.9 Å². The smallest absolute Gasteiger partial charge is 0.187 e. The molecule has 0 atom stereocenters. The highest BCUT2D eigenvalue weighted by Gasteiger charge is 2.05. The summed E-state index contributed by atoms with van der Waals surface area (Å²) in [5.74, 6) is 0. The molecule has 1 aromatic heterocycles. The van der Waals surface area contributed by atoms with Gasteiger partial charge in [-0.2, -0.15) is 5.26 Å². The first-order chi connectivity index (χ1) is 7.69. The predicted molar refractivity (Wildman–Crippen MR) is 66.3 cm³/mol. The molecule has 0 aliphatic carbocycles. The molecule has 1 aromatic carbocycles. The Kier molecular flexibility index (Phi) is 3.09. The van der Waals surface area contributed by atoms with Gasteiger partial charge >= 0.3 is 0 Å². The van der Waals surface area contributed by atoms with Crippen LogP contribution in [0, 0.1) is 18.3 Å². The SMILES string of the molecule is Cc1cnc(Nc2cc(Cl)ccc2C#N)s1. The monoisotopic (exact) mass is 249 g/mol. The van der Waals surface area contributed by atoms with Crippen LogP contribution in [0.1, 0.15) is 10.4 Å². The van der Waals surface area contributed by atoms with Crippen molar-refractivity contribution in [1.82, 2.24) is 4.98 Å². The van der Waals surface area contributed by atoms with Crippen LogP contribution in [-0.4, -0.2) is 4.98 Å². The first kappa shape index (κ1) is 10.9. The van der Waals surface area contributed by atoms with Gasteiger partial charge in [-0.05, 0) is 25.1 Å². The molecule has 0 fully saturated rings. The number of rotatable bonds is 2. The summed E-state index contributed by atoms with van der Waals surface area (Å²) in [5, 5.41) is 13.4. The van der Waals surface area contributed by atoms with E-state index in [0.717, 1.165) is 10.0 Å². The molecule has 0 bridgehead atoms. The van der Waals surface area contributed by atoms with Gasteiger partial charge in [-0.15, -0.1) is 11.3 Å². The molecular weight excluding hydrogens is 242 g/mol. The van der Waals surface area contributed by atoms with Gasteiger partial charge in [0.1, 0.15) is 6.07 Å². The molecule has 1 N–H and O–H groups in total. The van der Waals surface area contributed by atoms with Gasteiger partial charge < -0.3 is 5.32 Å². The van der Waals surface area contributed by atoms with E-state index in [4.69, 9.17) is 16.9 Å². The minimum absolute atomic E-state index is 0.553.